The van der Waals surface area contributed by atoms with Gasteiger partial charge in [-0.25, -0.2) is 9.78 Å². The van der Waals surface area contributed by atoms with Crippen LogP contribution < -0.4 is 0 Å². The fourth-order valence-corrected chi connectivity index (χ4v) is 1.73. The summed E-state index contributed by atoms with van der Waals surface area (Å²) in [6, 6.07) is 0. The SMILES string of the molecule is C#CCOC(=O)CP(=O)(OOCC)OOCC. The maximum absolute atomic E-state index is 11.9. The van der Waals surface area contributed by atoms with Crippen molar-refractivity contribution in [2.24, 2.45) is 0 Å². The summed E-state index contributed by atoms with van der Waals surface area (Å²) >= 11 is 0. The molecule has 0 aliphatic rings. The molecule has 0 aromatic rings. The Morgan fingerprint density at radius 1 is 1.24 bits per heavy atom. The number of hydrogen-bond acceptors (Lipinski definition) is 7. The predicted molar refractivity (Wildman–Crippen MR) is 57.7 cm³/mol. The third-order valence-electron chi connectivity index (χ3n) is 1.21. The lowest BCUT2D eigenvalue weighted by Gasteiger charge is -2.14. The van der Waals surface area contributed by atoms with Crippen LogP contribution in [0.15, 0.2) is 0 Å². The highest BCUT2D eigenvalue weighted by molar-refractivity contribution is 7.54. The van der Waals surface area contributed by atoms with E-state index in [1.165, 1.54) is 0 Å². The summed E-state index contributed by atoms with van der Waals surface area (Å²) in [7, 11) is -3.84. The van der Waals surface area contributed by atoms with Gasteiger partial charge in [-0.1, -0.05) is 5.92 Å². The van der Waals surface area contributed by atoms with E-state index in [0.717, 1.165) is 0 Å². The van der Waals surface area contributed by atoms with Crippen LogP contribution in [-0.4, -0.2) is 32.0 Å². The van der Waals surface area contributed by atoms with Crippen LogP contribution >= 0.6 is 7.60 Å². The van der Waals surface area contributed by atoms with Crippen LogP contribution in [0, 0.1) is 12.3 Å². The minimum Gasteiger partial charge on any atom is -0.452 e. The van der Waals surface area contributed by atoms with Crippen LogP contribution in [0.4, 0.5) is 0 Å². The number of ether oxygens (including phenoxy) is 1. The third kappa shape index (κ3) is 7.91. The van der Waals surface area contributed by atoms with Crippen molar-refractivity contribution < 1.29 is 33.2 Å². The van der Waals surface area contributed by atoms with E-state index >= 15 is 0 Å². The lowest BCUT2D eigenvalue weighted by molar-refractivity contribution is -0.263. The standard InChI is InChI=1S/C9H15O7P/c1-4-7-12-9(10)8-17(11,15-13-5-2)16-14-6-3/h1H,5-8H2,2-3H3. The first-order chi connectivity index (χ1) is 8.08. The number of rotatable bonds is 9. The topological polar surface area (TPSA) is 80.3 Å². The Kier molecular flexibility index (Phi) is 8.68. The molecule has 17 heavy (non-hydrogen) atoms. The Labute approximate surface area is 99.7 Å². The molecule has 8 heteroatoms. The van der Waals surface area contributed by atoms with Gasteiger partial charge in [0.05, 0.1) is 13.2 Å². The van der Waals surface area contributed by atoms with Crippen LogP contribution in [0.5, 0.6) is 0 Å². The van der Waals surface area contributed by atoms with Crippen molar-refractivity contribution in [2.45, 2.75) is 13.8 Å². The van der Waals surface area contributed by atoms with Crippen LogP contribution in [0.3, 0.4) is 0 Å². The summed E-state index contributed by atoms with van der Waals surface area (Å²) in [5.74, 6) is 1.27. The highest BCUT2D eigenvalue weighted by atomic mass is 31.2. The fourth-order valence-electron chi connectivity index (χ4n) is 0.657. The zero-order chi connectivity index (χ0) is 13.1. The monoisotopic (exact) mass is 266 g/mol. The molecule has 0 aromatic carbocycles. The molecule has 0 aliphatic heterocycles. The van der Waals surface area contributed by atoms with Crippen LogP contribution in [0.1, 0.15) is 13.8 Å². The van der Waals surface area contributed by atoms with Crippen molar-refractivity contribution in [2.75, 3.05) is 26.0 Å². The van der Waals surface area contributed by atoms with Crippen molar-refractivity contribution in [1.29, 1.82) is 0 Å². The van der Waals surface area contributed by atoms with Gasteiger partial charge in [0, 0.05) is 0 Å². The van der Waals surface area contributed by atoms with Gasteiger partial charge in [-0.2, -0.15) is 0 Å². The molecule has 0 saturated carbocycles. The van der Waals surface area contributed by atoms with Gasteiger partial charge >= 0.3 is 13.6 Å². The molecule has 0 unspecified atom stereocenters. The third-order valence-corrected chi connectivity index (χ3v) is 2.52. The molecule has 0 spiro atoms. The lowest BCUT2D eigenvalue weighted by Crippen LogP contribution is -2.13. The van der Waals surface area contributed by atoms with Gasteiger partial charge in [0.15, 0.2) is 12.8 Å². The first-order valence-electron chi connectivity index (χ1n) is 4.88. The quantitative estimate of drug-likeness (QED) is 0.204. The van der Waals surface area contributed by atoms with Crippen LogP contribution in [-0.2, 0) is 33.2 Å². The van der Waals surface area contributed by atoms with E-state index in [0.29, 0.717) is 0 Å². The summed E-state index contributed by atoms with van der Waals surface area (Å²) in [4.78, 5) is 20.2. The van der Waals surface area contributed by atoms with Gasteiger partial charge in [-0.3, -0.25) is 9.36 Å². The van der Waals surface area contributed by atoms with Crippen LogP contribution in [0.25, 0.3) is 0 Å². The van der Waals surface area contributed by atoms with Crippen molar-refractivity contribution >= 4 is 13.6 Å². The average molecular weight is 266 g/mol. The maximum atomic E-state index is 11.9. The van der Waals surface area contributed by atoms with Gasteiger partial charge in [-0.15, -0.1) is 15.8 Å². The van der Waals surface area contributed by atoms with E-state index in [9.17, 15) is 9.36 Å². The Balaban J connectivity index is 4.31. The summed E-state index contributed by atoms with van der Waals surface area (Å²) in [5, 5.41) is 0. The molecule has 0 aromatic heterocycles. The first kappa shape index (κ1) is 16.1. The molecule has 7 nitrogen and oxygen atoms in total. The van der Waals surface area contributed by atoms with Crippen molar-refractivity contribution in [1.82, 2.24) is 0 Å². The Bertz CT molecular complexity index is 297. The zero-order valence-electron chi connectivity index (χ0n) is 9.71. The summed E-state index contributed by atoms with van der Waals surface area (Å²) < 4.78 is 25.4. The highest BCUT2D eigenvalue weighted by Crippen LogP contribution is 2.48. The molecule has 0 aliphatic carbocycles. The van der Waals surface area contributed by atoms with Crippen LogP contribution in [0.2, 0.25) is 0 Å². The van der Waals surface area contributed by atoms with Crippen molar-refractivity contribution in [3.63, 3.8) is 0 Å². The molecular weight excluding hydrogens is 251 g/mol. The second kappa shape index (κ2) is 9.16. The van der Waals surface area contributed by atoms with Crippen molar-refractivity contribution in [3.05, 3.63) is 0 Å². The first-order valence-corrected chi connectivity index (χ1v) is 6.61. The van der Waals surface area contributed by atoms with E-state index in [1.54, 1.807) is 13.8 Å². The second-order valence-corrected chi connectivity index (χ2v) is 4.43. The van der Waals surface area contributed by atoms with Gasteiger partial charge in [0.2, 0.25) is 0 Å². The number of hydrogen-bond donors (Lipinski definition) is 0. The molecular formula is C9H15O7P. The molecule has 0 N–H and O–H groups in total. The number of esters is 1. The van der Waals surface area contributed by atoms with Crippen molar-refractivity contribution in [3.8, 4) is 12.3 Å². The predicted octanol–water partition coefficient (Wildman–Crippen LogP) is 1.29. The number of carbonyl (C=O) groups excluding carboxylic acids is 1. The molecule has 0 saturated heterocycles. The molecule has 0 bridgehead atoms. The Morgan fingerprint density at radius 3 is 2.18 bits per heavy atom. The number of terminal acetylenes is 1. The van der Waals surface area contributed by atoms with E-state index in [4.69, 9.17) is 6.42 Å². The summed E-state index contributed by atoms with van der Waals surface area (Å²) in [6.45, 7) is 3.28. The molecule has 0 rings (SSSR count). The zero-order valence-corrected chi connectivity index (χ0v) is 10.6. The summed E-state index contributed by atoms with van der Waals surface area (Å²) in [5.41, 5.74) is 0. The molecule has 0 fully saturated rings. The van der Waals surface area contributed by atoms with Gasteiger partial charge in [-0.05, 0) is 13.8 Å². The van der Waals surface area contributed by atoms with E-state index in [-0.39, 0.29) is 19.8 Å². The van der Waals surface area contributed by atoms with E-state index in [2.05, 4.69) is 29.8 Å². The second-order valence-electron chi connectivity index (χ2n) is 2.60. The molecule has 0 radical (unpaired) electrons. The summed E-state index contributed by atoms with van der Waals surface area (Å²) in [6.07, 6.45) is 4.25. The molecule has 0 heterocycles. The van der Waals surface area contributed by atoms with E-state index in [1.807, 2.05) is 0 Å². The largest absolute Gasteiger partial charge is 0.452 e. The maximum Gasteiger partial charge on any atom is 0.395 e. The lowest BCUT2D eigenvalue weighted by atomic mass is 10.7. The Hall–Kier alpha value is -0.900. The van der Waals surface area contributed by atoms with E-state index < -0.39 is 19.7 Å². The fraction of sp³-hybridized carbons (Fsp3) is 0.667. The molecule has 0 amide bonds. The smallest absolute Gasteiger partial charge is 0.395 e. The average Bonchev–Trinajstić information content (AvgIpc) is 2.31. The molecule has 0 atom stereocenters. The van der Waals surface area contributed by atoms with Gasteiger partial charge in [0.1, 0.15) is 0 Å². The highest BCUT2D eigenvalue weighted by Gasteiger charge is 2.32. The minimum absolute atomic E-state index is 0.138. The normalized spacial score (nSPS) is 10.9. The van der Waals surface area contributed by atoms with Gasteiger partial charge in [0.25, 0.3) is 0 Å². The Morgan fingerprint density at radius 2 is 1.76 bits per heavy atom. The minimum atomic E-state index is -3.84. The van der Waals surface area contributed by atoms with Gasteiger partial charge < -0.3 is 4.74 Å². The molecule has 98 valence electrons. The number of carbonyl (C=O) groups is 1.